The molecule has 0 aliphatic carbocycles. The van der Waals surface area contributed by atoms with Gasteiger partial charge in [-0.25, -0.2) is 0 Å². The van der Waals surface area contributed by atoms with Gasteiger partial charge in [0.25, 0.3) is 0 Å². The Morgan fingerprint density at radius 1 is 1.44 bits per heavy atom. The molecule has 0 aromatic carbocycles. The van der Waals surface area contributed by atoms with Gasteiger partial charge < -0.3 is 10.6 Å². The van der Waals surface area contributed by atoms with Gasteiger partial charge in [-0.1, -0.05) is 19.9 Å². The summed E-state index contributed by atoms with van der Waals surface area (Å²) in [7, 11) is 0. The molecule has 1 saturated heterocycles. The molecule has 2 rings (SSSR count). The van der Waals surface area contributed by atoms with Gasteiger partial charge in [0.2, 0.25) is 0 Å². The van der Waals surface area contributed by atoms with Crippen molar-refractivity contribution in [1.82, 2.24) is 10.6 Å². The van der Waals surface area contributed by atoms with E-state index in [1.807, 2.05) is 11.3 Å². The van der Waals surface area contributed by atoms with Crippen LogP contribution >= 0.6 is 11.3 Å². The van der Waals surface area contributed by atoms with E-state index >= 15 is 0 Å². The van der Waals surface area contributed by atoms with Crippen LogP contribution in [0.2, 0.25) is 0 Å². The Kier molecular flexibility index (Phi) is 5.22. The fourth-order valence-corrected chi connectivity index (χ4v) is 3.79. The van der Waals surface area contributed by atoms with E-state index in [2.05, 4.69) is 48.9 Å². The van der Waals surface area contributed by atoms with E-state index in [1.54, 1.807) is 0 Å². The lowest BCUT2D eigenvalue weighted by atomic mass is 9.99. The van der Waals surface area contributed by atoms with Crippen molar-refractivity contribution in [1.29, 1.82) is 0 Å². The Morgan fingerprint density at radius 2 is 2.28 bits per heavy atom. The largest absolute Gasteiger partial charge is 0.314 e. The summed E-state index contributed by atoms with van der Waals surface area (Å²) >= 11 is 1.87. The van der Waals surface area contributed by atoms with Crippen LogP contribution in [-0.4, -0.2) is 18.6 Å². The normalized spacial score (nSPS) is 23.4. The second-order valence-electron chi connectivity index (χ2n) is 5.83. The first kappa shape index (κ1) is 14.0. The van der Waals surface area contributed by atoms with Crippen molar-refractivity contribution in [3.05, 3.63) is 22.4 Å². The topological polar surface area (TPSA) is 24.1 Å². The molecule has 3 heteroatoms. The van der Waals surface area contributed by atoms with Gasteiger partial charge in [-0.3, -0.25) is 0 Å². The molecule has 1 aliphatic rings. The summed E-state index contributed by atoms with van der Waals surface area (Å²) < 4.78 is 0. The molecule has 0 radical (unpaired) electrons. The van der Waals surface area contributed by atoms with Crippen molar-refractivity contribution < 1.29 is 0 Å². The minimum absolute atomic E-state index is 0.501. The Morgan fingerprint density at radius 3 is 2.83 bits per heavy atom. The highest BCUT2D eigenvalue weighted by atomic mass is 32.1. The lowest BCUT2D eigenvalue weighted by Crippen LogP contribution is -2.37. The third kappa shape index (κ3) is 3.81. The molecule has 0 amide bonds. The molecular formula is C15H26N2S. The Hall–Kier alpha value is -0.380. The van der Waals surface area contributed by atoms with Gasteiger partial charge in [-0.2, -0.15) is 0 Å². The molecule has 18 heavy (non-hydrogen) atoms. The summed E-state index contributed by atoms with van der Waals surface area (Å²) in [6.07, 6.45) is 3.93. The minimum Gasteiger partial charge on any atom is -0.314 e. The smallest absolute Gasteiger partial charge is 0.0440 e. The second kappa shape index (κ2) is 6.69. The van der Waals surface area contributed by atoms with Crippen LogP contribution in [0.25, 0.3) is 0 Å². The van der Waals surface area contributed by atoms with E-state index < -0.39 is 0 Å². The van der Waals surface area contributed by atoms with Crippen LogP contribution in [0.4, 0.5) is 0 Å². The van der Waals surface area contributed by atoms with Gasteiger partial charge in [-0.05, 0) is 50.1 Å². The average molecular weight is 266 g/mol. The highest BCUT2D eigenvalue weighted by Gasteiger charge is 2.22. The molecule has 1 aromatic rings. The van der Waals surface area contributed by atoms with Crippen LogP contribution in [0.5, 0.6) is 0 Å². The predicted octanol–water partition coefficient (Wildman–Crippen LogP) is 3.57. The van der Waals surface area contributed by atoms with Crippen LogP contribution in [0.1, 0.15) is 51.0 Å². The first-order valence-electron chi connectivity index (χ1n) is 7.19. The summed E-state index contributed by atoms with van der Waals surface area (Å²) in [6.45, 7) is 8.13. The SMILES string of the molecule is CC(CC1CCCN1)NC(c1cccs1)C(C)C. The number of hydrogen-bond acceptors (Lipinski definition) is 3. The zero-order chi connectivity index (χ0) is 13.0. The number of rotatable bonds is 6. The molecule has 2 heterocycles. The van der Waals surface area contributed by atoms with E-state index in [1.165, 1.54) is 30.7 Å². The molecule has 102 valence electrons. The van der Waals surface area contributed by atoms with Gasteiger partial charge in [0.05, 0.1) is 0 Å². The van der Waals surface area contributed by atoms with Gasteiger partial charge in [0, 0.05) is 23.0 Å². The van der Waals surface area contributed by atoms with E-state index in [0.717, 1.165) is 6.04 Å². The van der Waals surface area contributed by atoms with Gasteiger partial charge in [-0.15, -0.1) is 11.3 Å². The molecule has 2 N–H and O–H groups in total. The Bertz CT molecular complexity index is 328. The van der Waals surface area contributed by atoms with Crippen LogP contribution in [0, 0.1) is 5.92 Å². The van der Waals surface area contributed by atoms with Crippen LogP contribution in [-0.2, 0) is 0 Å². The third-order valence-corrected chi connectivity index (χ3v) is 4.74. The van der Waals surface area contributed by atoms with E-state index in [9.17, 15) is 0 Å². The summed E-state index contributed by atoms with van der Waals surface area (Å²) in [4.78, 5) is 1.47. The average Bonchev–Trinajstić information content (AvgIpc) is 2.97. The standard InChI is InChI=1S/C15H26N2S/c1-11(2)15(14-7-5-9-18-14)17-12(3)10-13-6-4-8-16-13/h5,7,9,11-13,15-17H,4,6,8,10H2,1-3H3. The van der Waals surface area contributed by atoms with E-state index in [4.69, 9.17) is 0 Å². The zero-order valence-electron chi connectivity index (χ0n) is 11.8. The highest BCUT2D eigenvalue weighted by molar-refractivity contribution is 7.10. The van der Waals surface area contributed by atoms with Crippen molar-refractivity contribution >= 4 is 11.3 Å². The van der Waals surface area contributed by atoms with Crippen molar-refractivity contribution in [3.63, 3.8) is 0 Å². The van der Waals surface area contributed by atoms with Crippen LogP contribution in [0.15, 0.2) is 17.5 Å². The summed E-state index contributed by atoms with van der Waals surface area (Å²) in [6, 6.07) is 6.21. The quantitative estimate of drug-likeness (QED) is 0.822. The van der Waals surface area contributed by atoms with Gasteiger partial charge in [0.1, 0.15) is 0 Å². The van der Waals surface area contributed by atoms with E-state index in [0.29, 0.717) is 18.0 Å². The maximum Gasteiger partial charge on any atom is 0.0440 e. The van der Waals surface area contributed by atoms with E-state index in [-0.39, 0.29) is 0 Å². The van der Waals surface area contributed by atoms with Crippen molar-refractivity contribution in [3.8, 4) is 0 Å². The predicted molar refractivity (Wildman–Crippen MR) is 80.1 cm³/mol. The molecule has 0 spiro atoms. The zero-order valence-corrected chi connectivity index (χ0v) is 12.6. The molecule has 2 nitrogen and oxygen atoms in total. The monoisotopic (exact) mass is 266 g/mol. The number of nitrogens with one attached hydrogen (secondary N) is 2. The molecule has 3 atom stereocenters. The molecule has 1 fully saturated rings. The summed E-state index contributed by atoms with van der Waals surface area (Å²) in [5.74, 6) is 0.641. The Balaban J connectivity index is 1.88. The molecule has 3 unspecified atom stereocenters. The second-order valence-corrected chi connectivity index (χ2v) is 6.81. The van der Waals surface area contributed by atoms with Gasteiger partial charge >= 0.3 is 0 Å². The van der Waals surface area contributed by atoms with Crippen molar-refractivity contribution in [2.75, 3.05) is 6.54 Å². The summed E-state index contributed by atoms with van der Waals surface area (Å²) in [5.41, 5.74) is 0. The van der Waals surface area contributed by atoms with Gasteiger partial charge in [0.15, 0.2) is 0 Å². The minimum atomic E-state index is 0.501. The molecule has 1 aromatic heterocycles. The fourth-order valence-electron chi connectivity index (χ4n) is 2.83. The first-order chi connectivity index (χ1) is 8.66. The Labute approximate surface area is 115 Å². The van der Waals surface area contributed by atoms with Crippen LogP contribution in [0.3, 0.4) is 0 Å². The molecule has 1 aliphatic heterocycles. The lowest BCUT2D eigenvalue weighted by Gasteiger charge is -2.27. The summed E-state index contributed by atoms with van der Waals surface area (Å²) in [5, 5.41) is 9.58. The third-order valence-electron chi connectivity index (χ3n) is 3.78. The fraction of sp³-hybridized carbons (Fsp3) is 0.733. The first-order valence-corrected chi connectivity index (χ1v) is 8.07. The highest BCUT2D eigenvalue weighted by Crippen LogP contribution is 2.27. The lowest BCUT2D eigenvalue weighted by molar-refractivity contribution is 0.344. The maximum absolute atomic E-state index is 3.82. The number of hydrogen-bond donors (Lipinski definition) is 2. The van der Waals surface area contributed by atoms with Crippen molar-refractivity contribution in [2.45, 2.75) is 58.2 Å². The maximum atomic E-state index is 3.82. The molecule has 0 saturated carbocycles. The molecular weight excluding hydrogens is 240 g/mol. The molecule has 0 bridgehead atoms. The van der Waals surface area contributed by atoms with Crippen molar-refractivity contribution in [2.24, 2.45) is 5.92 Å². The number of thiophene rings is 1. The van der Waals surface area contributed by atoms with Crippen LogP contribution < -0.4 is 10.6 Å².